The van der Waals surface area contributed by atoms with Gasteiger partial charge in [0.2, 0.25) is 0 Å². The Balaban J connectivity index is 1.93. The number of anilines is 1. The monoisotopic (exact) mass is 320 g/mol. The van der Waals surface area contributed by atoms with Gasteiger partial charge in [-0.15, -0.1) is 0 Å². The summed E-state index contributed by atoms with van der Waals surface area (Å²) in [6.07, 6.45) is 2.80. The van der Waals surface area contributed by atoms with Gasteiger partial charge in [0.25, 0.3) is 0 Å². The lowest BCUT2D eigenvalue weighted by Gasteiger charge is -2.21. The van der Waals surface area contributed by atoms with E-state index in [1.807, 2.05) is 39.0 Å². The molecule has 5 heteroatoms. The van der Waals surface area contributed by atoms with Crippen molar-refractivity contribution in [1.29, 1.82) is 0 Å². The maximum atomic E-state index is 11.8. The number of ether oxygens (including phenoxy) is 2. The summed E-state index contributed by atoms with van der Waals surface area (Å²) in [7, 11) is 0. The molecule has 23 heavy (non-hydrogen) atoms. The number of benzene rings is 1. The maximum absolute atomic E-state index is 11.8. The van der Waals surface area contributed by atoms with Crippen LogP contribution in [0.2, 0.25) is 0 Å². The molecule has 1 atom stereocenters. The van der Waals surface area contributed by atoms with Crippen molar-refractivity contribution >= 4 is 11.8 Å². The molecule has 0 radical (unpaired) electrons. The van der Waals surface area contributed by atoms with Crippen LogP contribution >= 0.6 is 0 Å². The molecule has 0 aliphatic carbocycles. The van der Waals surface area contributed by atoms with Gasteiger partial charge in [-0.25, -0.2) is 4.79 Å². The van der Waals surface area contributed by atoms with Gasteiger partial charge in [0, 0.05) is 31.5 Å². The molecule has 2 N–H and O–H groups in total. The van der Waals surface area contributed by atoms with Crippen molar-refractivity contribution in [3.63, 3.8) is 0 Å². The van der Waals surface area contributed by atoms with Gasteiger partial charge < -0.3 is 20.1 Å². The highest BCUT2D eigenvalue weighted by Gasteiger charge is 2.17. The SMILES string of the molecule is CC(C)(C)OC(=O)NCc1ccccc1NC1CCCOCC1. The highest BCUT2D eigenvalue weighted by molar-refractivity contribution is 5.68. The Kier molecular flexibility index (Phi) is 6.28. The highest BCUT2D eigenvalue weighted by atomic mass is 16.6. The second-order valence-corrected chi connectivity index (χ2v) is 6.90. The molecule has 1 saturated heterocycles. The number of nitrogens with one attached hydrogen (secondary N) is 2. The molecule has 1 fully saturated rings. The fraction of sp³-hybridized carbons (Fsp3) is 0.611. The van der Waals surface area contributed by atoms with Crippen LogP contribution in [-0.4, -0.2) is 30.9 Å². The number of alkyl carbamates (subject to hydrolysis) is 1. The Bertz CT molecular complexity index is 503. The van der Waals surface area contributed by atoms with Crippen LogP contribution in [0.1, 0.15) is 45.6 Å². The van der Waals surface area contributed by atoms with E-state index in [9.17, 15) is 4.79 Å². The van der Waals surface area contributed by atoms with Crippen molar-refractivity contribution in [3.8, 4) is 0 Å². The average molecular weight is 320 g/mol. The lowest BCUT2D eigenvalue weighted by molar-refractivity contribution is 0.0523. The Morgan fingerprint density at radius 2 is 2.04 bits per heavy atom. The summed E-state index contributed by atoms with van der Waals surface area (Å²) in [6, 6.07) is 8.48. The minimum atomic E-state index is -0.484. The van der Waals surface area contributed by atoms with E-state index in [0.717, 1.165) is 43.7 Å². The lowest BCUT2D eigenvalue weighted by atomic mass is 10.1. The van der Waals surface area contributed by atoms with Gasteiger partial charge in [0.15, 0.2) is 0 Å². The van der Waals surface area contributed by atoms with Gasteiger partial charge in [-0.3, -0.25) is 0 Å². The van der Waals surface area contributed by atoms with E-state index in [4.69, 9.17) is 9.47 Å². The first kappa shape index (κ1) is 17.6. The average Bonchev–Trinajstić information content (AvgIpc) is 2.73. The zero-order chi connectivity index (χ0) is 16.7. The van der Waals surface area contributed by atoms with Crippen molar-refractivity contribution in [2.24, 2.45) is 0 Å². The second kappa shape index (κ2) is 8.20. The summed E-state index contributed by atoms with van der Waals surface area (Å²) in [6.45, 7) is 7.67. The highest BCUT2D eigenvalue weighted by Crippen LogP contribution is 2.20. The van der Waals surface area contributed by atoms with E-state index in [-0.39, 0.29) is 0 Å². The quantitative estimate of drug-likeness (QED) is 0.888. The Morgan fingerprint density at radius 1 is 1.26 bits per heavy atom. The summed E-state index contributed by atoms with van der Waals surface area (Å²) in [5.74, 6) is 0. The van der Waals surface area contributed by atoms with Crippen LogP contribution in [-0.2, 0) is 16.0 Å². The van der Waals surface area contributed by atoms with Gasteiger partial charge in [-0.2, -0.15) is 0 Å². The Labute approximate surface area is 138 Å². The van der Waals surface area contributed by atoms with E-state index in [0.29, 0.717) is 12.6 Å². The molecule has 1 heterocycles. The molecular formula is C18H28N2O3. The molecule has 0 spiro atoms. The molecule has 0 aromatic heterocycles. The van der Waals surface area contributed by atoms with E-state index in [1.165, 1.54) is 0 Å². The normalized spacial score (nSPS) is 18.8. The predicted octanol–water partition coefficient (Wildman–Crippen LogP) is 3.69. The molecule has 1 aromatic carbocycles. The zero-order valence-corrected chi connectivity index (χ0v) is 14.4. The first-order valence-electron chi connectivity index (χ1n) is 8.33. The number of hydrogen-bond acceptors (Lipinski definition) is 4. The van der Waals surface area contributed by atoms with Crippen LogP contribution < -0.4 is 10.6 Å². The lowest BCUT2D eigenvalue weighted by Crippen LogP contribution is -2.32. The molecule has 128 valence electrons. The van der Waals surface area contributed by atoms with Gasteiger partial charge in [-0.1, -0.05) is 18.2 Å². The summed E-state index contributed by atoms with van der Waals surface area (Å²) >= 11 is 0. The fourth-order valence-electron chi connectivity index (χ4n) is 2.56. The first-order chi connectivity index (χ1) is 10.9. The number of amides is 1. The van der Waals surface area contributed by atoms with Gasteiger partial charge in [0.05, 0.1) is 0 Å². The van der Waals surface area contributed by atoms with Crippen molar-refractivity contribution in [1.82, 2.24) is 5.32 Å². The van der Waals surface area contributed by atoms with Gasteiger partial charge in [0.1, 0.15) is 5.60 Å². The number of carbonyl (C=O) groups excluding carboxylic acids is 1. The third-order valence-electron chi connectivity index (χ3n) is 3.65. The minimum absolute atomic E-state index is 0.393. The standard InChI is InChI=1S/C18H28N2O3/c1-18(2,3)23-17(21)19-13-14-7-4-5-9-16(14)20-15-8-6-11-22-12-10-15/h4-5,7,9,15,20H,6,8,10-13H2,1-3H3,(H,19,21). The molecule has 1 aromatic rings. The van der Waals surface area contributed by atoms with E-state index in [2.05, 4.69) is 16.7 Å². The smallest absolute Gasteiger partial charge is 0.407 e. The first-order valence-corrected chi connectivity index (χ1v) is 8.33. The molecule has 0 bridgehead atoms. The van der Waals surface area contributed by atoms with E-state index >= 15 is 0 Å². The third kappa shape index (κ3) is 6.48. The largest absolute Gasteiger partial charge is 0.444 e. The minimum Gasteiger partial charge on any atom is -0.444 e. The van der Waals surface area contributed by atoms with E-state index in [1.54, 1.807) is 0 Å². The van der Waals surface area contributed by atoms with Crippen LogP contribution in [0, 0.1) is 0 Å². The third-order valence-corrected chi connectivity index (χ3v) is 3.65. The van der Waals surface area contributed by atoms with Crippen LogP contribution in [0.5, 0.6) is 0 Å². The molecule has 5 nitrogen and oxygen atoms in total. The molecule has 1 aliphatic heterocycles. The molecule has 1 amide bonds. The fourth-order valence-corrected chi connectivity index (χ4v) is 2.56. The maximum Gasteiger partial charge on any atom is 0.407 e. The number of rotatable bonds is 4. The molecule has 1 aliphatic rings. The van der Waals surface area contributed by atoms with Gasteiger partial charge >= 0.3 is 6.09 Å². The summed E-state index contributed by atoms with van der Waals surface area (Å²) < 4.78 is 10.8. The van der Waals surface area contributed by atoms with Crippen molar-refractivity contribution in [3.05, 3.63) is 29.8 Å². The summed E-state index contributed by atoms with van der Waals surface area (Å²) in [5.41, 5.74) is 1.64. The molecule has 1 unspecified atom stereocenters. The van der Waals surface area contributed by atoms with Gasteiger partial charge in [-0.05, 0) is 51.7 Å². The number of para-hydroxylation sites is 1. The Hall–Kier alpha value is -1.75. The van der Waals surface area contributed by atoms with E-state index < -0.39 is 11.7 Å². The van der Waals surface area contributed by atoms with Crippen LogP contribution in [0.25, 0.3) is 0 Å². The van der Waals surface area contributed by atoms with Crippen molar-refractivity contribution in [2.45, 2.75) is 58.2 Å². The Morgan fingerprint density at radius 3 is 2.83 bits per heavy atom. The van der Waals surface area contributed by atoms with Crippen LogP contribution in [0.15, 0.2) is 24.3 Å². The zero-order valence-electron chi connectivity index (χ0n) is 14.4. The van der Waals surface area contributed by atoms with Crippen molar-refractivity contribution < 1.29 is 14.3 Å². The summed E-state index contributed by atoms with van der Waals surface area (Å²) in [4.78, 5) is 11.8. The molecule has 2 rings (SSSR count). The van der Waals surface area contributed by atoms with Crippen LogP contribution in [0.3, 0.4) is 0 Å². The second-order valence-electron chi connectivity index (χ2n) is 6.90. The topological polar surface area (TPSA) is 59.6 Å². The molecule has 0 saturated carbocycles. The molecular weight excluding hydrogens is 292 g/mol. The number of carbonyl (C=O) groups is 1. The predicted molar refractivity (Wildman–Crippen MR) is 91.6 cm³/mol. The van der Waals surface area contributed by atoms with Crippen molar-refractivity contribution in [2.75, 3.05) is 18.5 Å². The summed E-state index contributed by atoms with van der Waals surface area (Å²) in [5, 5.41) is 6.41. The van der Waals surface area contributed by atoms with Crippen LogP contribution in [0.4, 0.5) is 10.5 Å². The number of hydrogen-bond donors (Lipinski definition) is 2.